The Balaban J connectivity index is 2.12. The van der Waals surface area contributed by atoms with E-state index in [0.29, 0.717) is 12.5 Å². The normalized spacial score (nSPS) is 18.3. The molecular weight excluding hydrogens is 228 g/mol. The van der Waals surface area contributed by atoms with E-state index in [1.54, 1.807) is 0 Å². The summed E-state index contributed by atoms with van der Waals surface area (Å²) in [5.74, 6) is -0.143. The number of carbonyl (C=O) groups is 1. The van der Waals surface area contributed by atoms with Crippen LogP contribution in [0.4, 0.5) is 0 Å². The van der Waals surface area contributed by atoms with E-state index in [-0.39, 0.29) is 0 Å². The van der Waals surface area contributed by atoms with Gasteiger partial charge in [0.2, 0.25) is 5.91 Å². The number of carbonyl (C=O) groups excluding carboxylic acids is 1. The average molecular weight is 248 g/mol. The molecule has 16 heavy (non-hydrogen) atoms. The monoisotopic (exact) mass is 248 g/mol. The van der Waals surface area contributed by atoms with Crippen molar-refractivity contribution in [3.63, 3.8) is 0 Å². The lowest BCUT2D eigenvalue weighted by atomic mass is 9.95. The van der Waals surface area contributed by atoms with Gasteiger partial charge in [-0.1, -0.05) is 0 Å². The summed E-state index contributed by atoms with van der Waals surface area (Å²) >= 11 is 0. The Hall–Kier alpha value is -0.620. The Morgan fingerprint density at radius 3 is 2.56 bits per heavy atom. The Labute approximate surface area is 96.9 Å². The molecule has 6 heteroatoms. The van der Waals surface area contributed by atoms with Crippen LogP contribution in [0.2, 0.25) is 0 Å². The first-order valence-electron chi connectivity index (χ1n) is 5.62. The quantitative estimate of drug-likeness (QED) is 0.690. The summed E-state index contributed by atoms with van der Waals surface area (Å²) in [6.07, 6.45) is 4.29. The molecule has 94 valence electrons. The average Bonchev–Trinajstić information content (AvgIpc) is 2.16. The zero-order valence-electron chi connectivity index (χ0n) is 9.66. The van der Waals surface area contributed by atoms with Crippen molar-refractivity contribution in [2.45, 2.75) is 19.3 Å². The molecule has 0 aromatic heterocycles. The van der Waals surface area contributed by atoms with Crippen molar-refractivity contribution in [2.75, 3.05) is 31.6 Å². The van der Waals surface area contributed by atoms with E-state index < -0.39 is 21.5 Å². The van der Waals surface area contributed by atoms with E-state index in [9.17, 15) is 13.2 Å². The molecule has 1 fully saturated rings. The highest BCUT2D eigenvalue weighted by Gasteiger charge is 2.14. The number of rotatable bonds is 5. The molecule has 1 saturated heterocycles. The topological polar surface area (TPSA) is 75.3 Å². The Kier molecular flexibility index (Phi) is 5.21. The van der Waals surface area contributed by atoms with E-state index in [2.05, 4.69) is 10.6 Å². The first-order valence-corrected chi connectivity index (χ1v) is 7.68. The second-order valence-corrected chi connectivity index (χ2v) is 6.54. The fourth-order valence-corrected chi connectivity index (χ4v) is 2.45. The fourth-order valence-electron chi connectivity index (χ4n) is 1.88. The minimum absolute atomic E-state index is 0.392. The van der Waals surface area contributed by atoms with Crippen LogP contribution in [-0.4, -0.2) is 46.0 Å². The first kappa shape index (κ1) is 13.4. The maximum absolute atomic E-state index is 11.2. The van der Waals surface area contributed by atoms with Crippen molar-refractivity contribution in [2.24, 2.45) is 5.92 Å². The van der Waals surface area contributed by atoms with Crippen LogP contribution in [0.25, 0.3) is 0 Å². The molecule has 1 aliphatic heterocycles. The summed E-state index contributed by atoms with van der Waals surface area (Å²) in [4.78, 5) is 11.2. The van der Waals surface area contributed by atoms with Crippen LogP contribution in [0.1, 0.15) is 19.3 Å². The number of nitrogens with one attached hydrogen (secondary N) is 2. The van der Waals surface area contributed by atoms with Crippen LogP contribution in [0, 0.1) is 5.92 Å². The van der Waals surface area contributed by atoms with Crippen molar-refractivity contribution in [1.82, 2.24) is 10.6 Å². The van der Waals surface area contributed by atoms with Crippen LogP contribution in [0.3, 0.4) is 0 Å². The van der Waals surface area contributed by atoms with Crippen molar-refractivity contribution in [1.29, 1.82) is 0 Å². The standard InChI is InChI=1S/C10H20N2O3S/c1-16(14,15)8-10(13)12-7-4-9-2-5-11-6-3-9/h9,11H,2-8H2,1H3,(H,12,13). The highest BCUT2D eigenvalue weighted by atomic mass is 32.2. The van der Waals surface area contributed by atoms with E-state index in [1.807, 2.05) is 0 Å². The molecule has 0 aromatic rings. The minimum atomic E-state index is -3.20. The van der Waals surface area contributed by atoms with Crippen LogP contribution in [0.5, 0.6) is 0 Å². The van der Waals surface area contributed by atoms with Crippen molar-refractivity contribution in [3.05, 3.63) is 0 Å². The van der Waals surface area contributed by atoms with Crippen molar-refractivity contribution >= 4 is 15.7 Å². The third-order valence-corrected chi connectivity index (χ3v) is 3.51. The van der Waals surface area contributed by atoms with Gasteiger partial charge >= 0.3 is 0 Å². The van der Waals surface area contributed by atoms with E-state index in [4.69, 9.17) is 0 Å². The summed E-state index contributed by atoms with van der Waals surface area (Å²) < 4.78 is 21.7. The molecule has 0 saturated carbocycles. The molecule has 0 bridgehead atoms. The molecule has 1 heterocycles. The Morgan fingerprint density at radius 2 is 2.00 bits per heavy atom. The molecule has 0 spiro atoms. The Morgan fingerprint density at radius 1 is 1.38 bits per heavy atom. The first-order chi connectivity index (χ1) is 7.47. The van der Waals surface area contributed by atoms with Gasteiger partial charge in [-0.25, -0.2) is 8.42 Å². The summed E-state index contributed by atoms with van der Waals surface area (Å²) in [6, 6.07) is 0. The Bertz CT molecular complexity index is 321. The lowest BCUT2D eigenvalue weighted by Crippen LogP contribution is -2.33. The molecule has 1 rings (SSSR count). The number of piperidine rings is 1. The number of amides is 1. The molecule has 0 aliphatic carbocycles. The van der Waals surface area contributed by atoms with Gasteiger partial charge in [0.15, 0.2) is 9.84 Å². The lowest BCUT2D eigenvalue weighted by Gasteiger charge is -2.22. The zero-order chi connectivity index (χ0) is 12.0. The predicted octanol–water partition coefficient (Wildman–Crippen LogP) is -0.463. The largest absolute Gasteiger partial charge is 0.355 e. The molecule has 1 aliphatic rings. The molecule has 0 unspecified atom stereocenters. The van der Waals surface area contributed by atoms with E-state index in [0.717, 1.165) is 38.6 Å². The van der Waals surface area contributed by atoms with Crippen LogP contribution in [0.15, 0.2) is 0 Å². The van der Waals surface area contributed by atoms with Gasteiger partial charge in [-0.15, -0.1) is 0 Å². The summed E-state index contributed by atoms with van der Waals surface area (Å²) in [5.41, 5.74) is 0. The molecule has 2 N–H and O–H groups in total. The fraction of sp³-hybridized carbons (Fsp3) is 0.900. The number of hydrogen-bond acceptors (Lipinski definition) is 4. The van der Waals surface area contributed by atoms with Gasteiger partial charge in [-0.3, -0.25) is 4.79 Å². The SMILES string of the molecule is CS(=O)(=O)CC(=O)NCCC1CCNCC1. The third-order valence-electron chi connectivity index (χ3n) is 2.73. The minimum Gasteiger partial charge on any atom is -0.355 e. The van der Waals surface area contributed by atoms with Gasteiger partial charge in [0.05, 0.1) is 0 Å². The third kappa shape index (κ3) is 6.07. The molecule has 0 atom stereocenters. The van der Waals surface area contributed by atoms with E-state index in [1.165, 1.54) is 0 Å². The maximum Gasteiger partial charge on any atom is 0.235 e. The molecular formula is C10H20N2O3S. The van der Waals surface area contributed by atoms with Crippen LogP contribution in [-0.2, 0) is 14.6 Å². The summed E-state index contributed by atoms with van der Waals surface area (Å²) in [7, 11) is -3.20. The van der Waals surface area contributed by atoms with Gasteiger partial charge < -0.3 is 10.6 Å². The van der Waals surface area contributed by atoms with Crippen molar-refractivity contribution < 1.29 is 13.2 Å². The highest BCUT2D eigenvalue weighted by Crippen LogP contribution is 2.14. The number of sulfone groups is 1. The summed E-state index contributed by atoms with van der Waals surface area (Å²) in [6.45, 7) is 2.67. The van der Waals surface area contributed by atoms with Gasteiger partial charge in [-0.2, -0.15) is 0 Å². The van der Waals surface area contributed by atoms with Gasteiger partial charge in [0.1, 0.15) is 5.75 Å². The summed E-state index contributed by atoms with van der Waals surface area (Å²) in [5, 5.41) is 5.93. The smallest absolute Gasteiger partial charge is 0.235 e. The van der Waals surface area contributed by atoms with Crippen LogP contribution < -0.4 is 10.6 Å². The maximum atomic E-state index is 11.2. The van der Waals surface area contributed by atoms with E-state index >= 15 is 0 Å². The second kappa shape index (κ2) is 6.20. The zero-order valence-corrected chi connectivity index (χ0v) is 10.5. The lowest BCUT2D eigenvalue weighted by molar-refractivity contribution is -0.118. The van der Waals surface area contributed by atoms with Crippen LogP contribution >= 0.6 is 0 Å². The molecule has 1 amide bonds. The number of hydrogen-bond donors (Lipinski definition) is 2. The molecule has 0 aromatic carbocycles. The second-order valence-electron chi connectivity index (χ2n) is 4.40. The van der Waals surface area contributed by atoms with Gasteiger partial charge in [0, 0.05) is 12.8 Å². The van der Waals surface area contributed by atoms with Gasteiger partial charge in [0.25, 0.3) is 0 Å². The van der Waals surface area contributed by atoms with Gasteiger partial charge in [-0.05, 0) is 38.3 Å². The molecule has 0 radical (unpaired) electrons. The predicted molar refractivity (Wildman–Crippen MR) is 62.9 cm³/mol. The van der Waals surface area contributed by atoms with Crippen molar-refractivity contribution in [3.8, 4) is 0 Å². The highest BCUT2D eigenvalue weighted by molar-refractivity contribution is 7.91. The molecule has 5 nitrogen and oxygen atoms in total.